The van der Waals surface area contributed by atoms with Gasteiger partial charge in [-0.15, -0.1) is 0 Å². The monoisotopic (exact) mass is 359 g/mol. The van der Waals surface area contributed by atoms with Crippen molar-refractivity contribution in [3.8, 4) is 5.69 Å². The predicted octanol–water partition coefficient (Wildman–Crippen LogP) is 2.69. The highest BCUT2D eigenvalue weighted by Gasteiger charge is 2.16. The maximum Gasteiger partial charge on any atom is 0.253 e. The van der Waals surface area contributed by atoms with E-state index in [1.54, 1.807) is 12.1 Å². The number of carbonyl (C=O) groups excluding carboxylic acids is 1. The van der Waals surface area contributed by atoms with Gasteiger partial charge in [0.15, 0.2) is 0 Å². The summed E-state index contributed by atoms with van der Waals surface area (Å²) in [6.45, 7) is 9.00. The minimum Gasteiger partial charge on any atom is -0.379 e. The van der Waals surface area contributed by atoms with Gasteiger partial charge in [0, 0.05) is 36.7 Å². The molecule has 0 radical (unpaired) electrons. The van der Waals surface area contributed by atoms with Gasteiger partial charge in [-0.25, -0.2) is 4.39 Å². The zero-order chi connectivity index (χ0) is 18.5. The van der Waals surface area contributed by atoms with Gasteiger partial charge in [-0.05, 0) is 57.1 Å². The van der Waals surface area contributed by atoms with E-state index < -0.39 is 0 Å². The van der Waals surface area contributed by atoms with Crippen molar-refractivity contribution in [2.45, 2.75) is 20.3 Å². The van der Waals surface area contributed by atoms with E-state index in [0.717, 1.165) is 56.3 Å². The van der Waals surface area contributed by atoms with Gasteiger partial charge in [-0.1, -0.05) is 0 Å². The molecule has 0 atom stereocenters. The number of nitrogens with one attached hydrogen (secondary N) is 1. The van der Waals surface area contributed by atoms with Crippen molar-refractivity contribution in [3.63, 3.8) is 0 Å². The van der Waals surface area contributed by atoms with Gasteiger partial charge in [0.1, 0.15) is 5.82 Å². The summed E-state index contributed by atoms with van der Waals surface area (Å²) in [5.74, 6) is -0.331. The number of halogens is 1. The molecule has 2 heterocycles. The van der Waals surface area contributed by atoms with Crippen LogP contribution in [0.15, 0.2) is 30.3 Å². The van der Waals surface area contributed by atoms with E-state index in [4.69, 9.17) is 4.74 Å². The highest BCUT2D eigenvalue weighted by molar-refractivity contribution is 5.95. The van der Waals surface area contributed by atoms with Crippen LogP contribution < -0.4 is 5.32 Å². The van der Waals surface area contributed by atoms with E-state index >= 15 is 0 Å². The molecule has 26 heavy (non-hydrogen) atoms. The van der Waals surface area contributed by atoms with Gasteiger partial charge < -0.3 is 14.6 Å². The van der Waals surface area contributed by atoms with Gasteiger partial charge in [-0.2, -0.15) is 0 Å². The Kier molecular flexibility index (Phi) is 6.06. The molecule has 1 aromatic carbocycles. The standard InChI is InChI=1S/C20H26FN3O2/c1-15-14-19(16(2)24(15)18-6-4-17(21)5-7-18)20(25)22-8-3-9-23-10-12-26-13-11-23/h4-7,14H,3,8-13H2,1-2H3,(H,22,25). The molecule has 1 amide bonds. The SMILES string of the molecule is Cc1cc(C(=O)NCCCN2CCOCC2)c(C)n1-c1ccc(F)cc1. The lowest BCUT2D eigenvalue weighted by Crippen LogP contribution is -2.38. The lowest BCUT2D eigenvalue weighted by atomic mass is 10.2. The molecule has 0 bridgehead atoms. The van der Waals surface area contributed by atoms with Crippen LogP contribution in [-0.4, -0.2) is 54.8 Å². The molecule has 0 spiro atoms. The number of amides is 1. The molecule has 140 valence electrons. The molecule has 0 unspecified atom stereocenters. The minimum atomic E-state index is -0.269. The number of carbonyl (C=O) groups is 1. The molecule has 1 aliphatic heterocycles. The number of nitrogens with zero attached hydrogens (tertiary/aromatic N) is 2. The van der Waals surface area contributed by atoms with Crippen molar-refractivity contribution in [1.29, 1.82) is 0 Å². The smallest absolute Gasteiger partial charge is 0.253 e. The van der Waals surface area contributed by atoms with Crippen LogP contribution in [0.3, 0.4) is 0 Å². The fourth-order valence-electron chi connectivity index (χ4n) is 3.40. The molecule has 6 heteroatoms. The van der Waals surface area contributed by atoms with Crippen molar-refractivity contribution in [2.75, 3.05) is 39.4 Å². The highest BCUT2D eigenvalue weighted by Crippen LogP contribution is 2.21. The lowest BCUT2D eigenvalue weighted by molar-refractivity contribution is 0.0374. The number of hydrogen-bond acceptors (Lipinski definition) is 3. The molecule has 1 N–H and O–H groups in total. The van der Waals surface area contributed by atoms with E-state index in [2.05, 4.69) is 10.2 Å². The second-order valence-corrected chi connectivity index (χ2v) is 6.66. The molecule has 5 nitrogen and oxygen atoms in total. The average molecular weight is 359 g/mol. The van der Waals surface area contributed by atoms with Gasteiger partial charge in [0.2, 0.25) is 0 Å². The van der Waals surface area contributed by atoms with E-state index in [9.17, 15) is 9.18 Å². The first kappa shape index (κ1) is 18.6. The van der Waals surface area contributed by atoms with Crippen molar-refractivity contribution >= 4 is 5.91 Å². The van der Waals surface area contributed by atoms with Crippen LogP contribution in [0.4, 0.5) is 4.39 Å². The molecule has 0 aliphatic carbocycles. The highest BCUT2D eigenvalue weighted by atomic mass is 19.1. The van der Waals surface area contributed by atoms with Crippen molar-refractivity contribution < 1.29 is 13.9 Å². The first-order chi connectivity index (χ1) is 12.6. The molecular formula is C20H26FN3O2. The van der Waals surface area contributed by atoms with Gasteiger partial charge in [0.05, 0.1) is 18.8 Å². The summed E-state index contributed by atoms with van der Waals surface area (Å²) in [6.07, 6.45) is 0.919. The quantitative estimate of drug-likeness (QED) is 0.807. The Labute approximate surface area is 153 Å². The van der Waals surface area contributed by atoms with Gasteiger partial charge in [0.25, 0.3) is 5.91 Å². The second-order valence-electron chi connectivity index (χ2n) is 6.66. The van der Waals surface area contributed by atoms with E-state index in [0.29, 0.717) is 12.1 Å². The molecule has 3 rings (SSSR count). The lowest BCUT2D eigenvalue weighted by Gasteiger charge is -2.26. The molecule has 1 aromatic heterocycles. The summed E-state index contributed by atoms with van der Waals surface area (Å²) >= 11 is 0. The predicted molar refractivity (Wildman–Crippen MR) is 99.4 cm³/mol. The number of rotatable bonds is 6. The van der Waals surface area contributed by atoms with Crippen molar-refractivity contribution in [3.05, 3.63) is 53.1 Å². The zero-order valence-corrected chi connectivity index (χ0v) is 15.4. The fraction of sp³-hybridized carbons (Fsp3) is 0.450. The number of hydrogen-bond donors (Lipinski definition) is 1. The van der Waals surface area contributed by atoms with Crippen LogP contribution in [0.2, 0.25) is 0 Å². The van der Waals surface area contributed by atoms with Crippen LogP contribution in [0.1, 0.15) is 28.2 Å². The topological polar surface area (TPSA) is 46.5 Å². The van der Waals surface area contributed by atoms with Crippen LogP contribution in [0.5, 0.6) is 0 Å². The van der Waals surface area contributed by atoms with Crippen molar-refractivity contribution in [1.82, 2.24) is 14.8 Å². The summed E-state index contributed by atoms with van der Waals surface area (Å²) in [4.78, 5) is 14.9. The summed E-state index contributed by atoms with van der Waals surface area (Å²) in [7, 11) is 0. The van der Waals surface area contributed by atoms with Gasteiger partial charge in [-0.3, -0.25) is 9.69 Å². The van der Waals surface area contributed by atoms with Crippen molar-refractivity contribution in [2.24, 2.45) is 0 Å². The maximum absolute atomic E-state index is 13.2. The third-order valence-electron chi connectivity index (χ3n) is 4.80. The molecule has 0 saturated carbocycles. The number of morpholine rings is 1. The number of aryl methyl sites for hydroxylation is 1. The Balaban J connectivity index is 1.59. The first-order valence-corrected chi connectivity index (χ1v) is 9.09. The maximum atomic E-state index is 13.2. The van der Waals surface area contributed by atoms with E-state index in [-0.39, 0.29) is 11.7 Å². The third-order valence-corrected chi connectivity index (χ3v) is 4.80. The largest absolute Gasteiger partial charge is 0.379 e. The number of ether oxygens (including phenoxy) is 1. The Bertz CT molecular complexity index is 749. The van der Waals surface area contributed by atoms with E-state index in [1.165, 1.54) is 12.1 Å². The Morgan fingerprint density at radius 1 is 1.19 bits per heavy atom. The van der Waals surface area contributed by atoms with Crippen LogP contribution in [-0.2, 0) is 4.74 Å². The summed E-state index contributed by atoms with van der Waals surface area (Å²) in [5, 5.41) is 3.01. The second kappa shape index (κ2) is 8.47. The van der Waals surface area contributed by atoms with Crippen LogP contribution in [0, 0.1) is 19.7 Å². The molecule has 1 saturated heterocycles. The minimum absolute atomic E-state index is 0.0616. The third kappa shape index (κ3) is 4.31. The Morgan fingerprint density at radius 2 is 1.88 bits per heavy atom. The molecule has 1 fully saturated rings. The number of aromatic nitrogens is 1. The normalized spacial score (nSPS) is 15.2. The number of benzene rings is 1. The van der Waals surface area contributed by atoms with Gasteiger partial charge >= 0.3 is 0 Å². The summed E-state index contributed by atoms with van der Waals surface area (Å²) in [6, 6.07) is 8.19. The molecule has 1 aliphatic rings. The Hall–Kier alpha value is -2.18. The van der Waals surface area contributed by atoms with Crippen LogP contribution >= 0.6 is 0 Å². The zero-order valence-electron chi connectivity index (χ0n) is 15.4. The Morgan fingerprint density at radius 3 is 2.58 bits per heavy atom. The summed E-state index contributed by atoms with van der Waals surface area (Å²) < 4.78 is 20.5. The van der Waals surface area contributed by atoms with E-state index in [1.807, 2.05) is 24.5 Å². The molecular weight excluding hydrogens is 333 g/mol. The molecule has 2 aromatic rings. The van der Waals surface area contributed by atoms with Crippen LogP contribution in [0.25, 0.3) is 5.69 Å². The summed E-state index contributed by atoms with van der Waals surface area (Å²) in [5.41, 5.74) is 3.33. The first-order valence-electron chi connectivity index (χ1n) is 9.09. The fourth-order valence-corrected chi connectivity index (χ4v) is 3.40. The average Bonchev–Trinajstić information content (AvgIpc) is 2.95.